The number of nitrogens with zero attached hydrogens (tertiary/aromatic N) is 1. The van der Waals surface area contributed by atoms with Gasteiger partial charge in [-0.05, 0) is 51.9 Å². The molecule has 1 atom stereocenters. The largest absolute Gasteiger partial charge is 0.369 e. The zero-order chi connectivity index (χ0) is 14.5. The van der Waals surface area contributed by atoms with E-state index in [9.17, 15) is 9.59 Å². The number of hydrogen-bond donors (Lipinski definition) is 2. The quantitative estimate of drug-likeness (QED) is 0.808. The van der Waals surface area contributed by atoms with Gasteiger partial charge in [0.2, 0.25) is 11.8 Å². The third-order valence-corrected chi connectivity index (χ3v) is 4.65. The molecule has 2 amide bonds. The monoisotopic (exact) mass is 281 g/mol. The fourth-order valence-electron chi connectivity index (χ4n) is 3.36. The predicted octanol–water partition coefficient (Wildman–Crippen LogP) is 1.02. The molecule has 0 spiro atoms. The van der Waals surface area contributed by atoms with Crippen LogP contribution in [-0.4, -0.2) is 41.9 Å². The van der Waals surface area contributed by atoms with Gasteiger partial charge in [0.25, 0.3) is 0 Å². The predicted molar refractivity (Wildman–Crippen MR) is 78.0 cm³/mol. The molecule has 2 rings (SSSR count). The molecule has 0 bridgehead atoms. The number of nitrogens with two attached hydrogens (primary N) is 1. The van der Waals surface area contributed by atoms with E-state index in [1.807, 2.05) is 11.8 Å². The number of carbonyl (C=O) groups is 2. The molecule has 114 valence electrons. The lowest BCUT2D eigenvalue weighted by Gasteiger charge is -2.33. The van der Waals surface area contributed by atoms with Crippen molar-refractivity contribution in [2.24, 2.45) is 11.7 Å². The van der Waals surface area contributed by atoms with E-state index in [0.717, 1.165) is 51.6 Å². The molecule has 0 aromatic carbocycles. The van der Waals surface area contributed by atoms with Crippen LogP contribution in [0.15, 0.2) is 0 Å². The van der Waals surface area contributed by atoms with Crippen molar-refractivity contribution in [3.63, 3.8) is 0 Å². The summed E-state index contributed by atoms with van der Waals surface area (Å²) in [5.74, 6) is 0.0729. The van der Waals surface area contributed by atoms with E-state index in [-0.39, 0.29) is 23.8 Å². The lowest BCUT2D eigenvalue weighted by Crippen LogP contribution is -2.50. The van der Waals surface area contributed by atoms with Crippen LogP contribution >= 0.6 is 0 Å². The first-order valence-electron chi connectivity index (χ1n) is 7.92. The van der Waals surface area contributed by atoms with Crippen LogP contribution < -0.4 is 11.1 Å². The smallest absolute Gasteiger partial charge is 0.239 e. The molecular formula is C15H27N3O2. The summed E-state index contributed by atoms with van der Waals surface area (Å²) in [5, 5.41) is 3.43. The van der Waals surface area contributed by atoms with Crippen LogP contribution in [0, 0.1) is 5.92 Å². The summed E-state index contributed by atoms with van der Waals surface area (Å²) in [6.45, 7) is 3.76. The van der Waals surface area contributed by atoms with E-state index < -0.39 is 0 Å². The topological polar surface area (TPSA) is 75.4 Å². The number of amides is 2. The Morgan fingerprint density at radius 3 is 2.25 bits per heavy atom. The number of carbonyl (C=O) groups excluding carboxylic acids is 2. The molecule has 2 aliphatic rings. The third kappa shape index (κ3) is 3.95. The molecular weight excluding hydrogens is 254 g/mol. The van der Waals surface area contributed by atoms with Crippen molar-refractivity contribution in [2.75, 3.05) is 13.1 Å². The maximum atomic E-state index is 12.3. The second-order valence-corrected chi connectivity index (χ2v) is 6.23. The number of nitrogens with one attached hydrogen (secondary N) is 1. The van der Waals surface area contributed by atoms with Crippen LogP contribution in [0.5, 0.6) is 0 Å². The Morgan fingerprint density at radius 1 is 1.10 bits per heavy atom. The number of hydrogen-bond acceptors (Lipinski definition) is 3. The van der Waals surface area contributed by atoms with E-state index in [4.69, 9.17) is 5.73 Å². The average molecular weight is 281 g/mol. The second-order valence-electron chi connectivity index (χ2n) is 6.23. The highest BCUT2D eigenvalue weighted by atomic mass is 16.2. The minimum atomic E-state index is -0.180. The Balaban J connectivity index is 1.75. The van der Waals surface area contributed by atoms with Gasteiger partial charge < -0.3 is 16.0 Å². The van der Waals surface area contributed by atoms with Gasteiger partial charge >= 0.3 is 0 Å². The minimum Gasteiger partial charge on any atom is -0.369 e. The fraction of sp³-hybridized carbons (Fsp3) is 0.867. The van der Waals surface area contributed by atoms with E-state index in [0.29, 0.717) is 6.04 Å². The summed E-state index contributed by atoms with van der Waals surface area (Å²) in [4.78, 5) is 25.5. The molecule has 0 aromatic rings. The zero-order valence-corrected chi connectivity index (χ0v) is 12.4. The lowest BCUT2D eigenvalue weighted by atomic mass is 9.85. The van der Waals surface area contributed by atoms with Crippen LogP contribution in [-0.2, 0) is 9.59 Å². The number of rotatable bonds is 4. The van der Waals surface area contributed by atoms with Crippen LogP contribution in [0.2, 0.25) is 0 Å². The van der Waals surface area contributed by atoms with Gasteiger partial charge in [0, 0.05) is 25.0 Å². The van der Waals surface area contributed by atoms with Crippen LogP contribution in [0.3, 0.4) is 0 Å². The molecule has 20 heavy (non-hydrogen) atoms. The molecule has 5 heteroatoms. The van der Waals surface area contributed by atoms with Crippen LogP contribution in [0.4, 0.5) is 0 Å². The third-order valence-electron chi connectivity index (χ3n) is 4.65. The second kappa shape index (κ2) is 7.07. The summed E-state index contributed by atoms with van der Waals surface area (Å²) in [6, 6.07) is 0.220. The summed E-state index contributed by atoms with van der Waals surface area (Å²) in [6.07, 6.45) is 7.05. The maximum absolute atomic E-state index is 12.3. The molecule has 2 fully saturated rings. The summed E-state index contributed by atoms with van der Waals surface area (Å²) in [7, 11) is 0. The van der Waals surface area contributed by atoms with Gasteiger partial charge in [-0.1, -0.05) is 0 Å². The van der Waals surface area contributed by atoms with Crippen molar-refractivity contribution >= 4 is 11.8 Å². The van der Waals surface area contributed by atoms with Crippen molar-refractivity contribution in [1.29, 1.82) is 0 Å². The van der Waals surface area contributed by atoms with Gasteiger partial charge in [0.15, 0.2) is 0 Å². The Bertz CT molecular complexity index is 345. The zero-order valence-electron chi connectivity index (χ0n) is 12.4. The summed E-state index contributed by atoms with van der Waals surface area (Å²) >= 11 is 0. The average Bonchev–Trinajstić information content (AvgIpc) is 2.48. The van der Waals surface area contributed by atoms with Crippen molar-refractivity contribution in [1.82, 2.24) is 10.2 Å². The van der Waals surface area contributed by atoms with Crippen molar-refractivity contribution in [3.05, 3.63) is 0 Å². The van der Waals surface area contributed by atoms with Gasteiger partial charge in [-0.15, -0.1) is 0 Å². The molecule has 1 saturated heterocycles. The number of likely N-dealkylation sites (tertiary alicyclic amines) is 1. The highest BCUT2D eigenvalue weighted by molar-refractivity contribution is 5.81. The molecule has 0 radical (unpaired) electrons. The fourth-order valence-corrected chi connectivity index (χ4v) is 3.36. The van der Waals surface area contributed by atoms with Crippen molar-refractivity contribution in [2.45, 2.75) is 64.0 Å². The molecule has 1 saturated carbocycles. The van der Waals surface area contributed by atoms with Crippen LogP contribution in [0.25, 0.3) is 0 Å². The van der Waals surface area contributed by atoms with Gasteiger partial charge in [0.05, 0.1) is 6.04 Å². The Hall–Kier alpha value is -1.10. The molecule has 0 aromatic heterocycles. The van der Waals surface area contributed by atoms with Gasteiger partial charge in [-0.25, -0.2) is 0 Å². The van der Waals surface area contributed by atoms with Gasteiger partial charge in [-0.3, -0.25) is 9.59 Å². The Labute approximate surface area is 121 Å². The number of piperidine rings is 1. The van der Waals surface area contributed by atoms with E-state index in [2.05, 4.69) is 5.32 Å². The number of primary amides is 1. The van der Waals surface area contributed by atoms with Crippen LogP contribution in [0.1, 0.15) is 51.9 Å². The SMILES string of the molecule is CC(NC1CCC(C(N)=O)CC1)C(=O)N1CCCCC1. The maximum Gasteiger partial charge on any atom is 0.239 e. The molecule has 1 heterocycles. The Kier molecular flexibility index (Phi) is 5.40. The van der Waals surface area contributed by atoms with Crippen molar-refractivity contribution < 1.29 is 9.59 Å². The molecule has 1 aliphatic carbocycles. The first-order valence-corrected chi connectivity index (χ1v) is 7.92. The first-order chi connectivity index (χ1) is 9.58. The van der Waals surface area contributed by atoms with Gasteiger partial charge in [-0.2, -0.15) is 0 Å². The minimum absolute atomic E-state index is 0.0288. The van der Waals surface area contributed by atoms with E-state index >= 15 is 0 Å². The molecule has 3 N–H and O–H groups in total. The summed E-state index contributed by atoms with van der Waals surface area (Å²) < 4.78 is 0. The first kappa shape index (κ1) is 15.3. The normalized spacial score (nSPS) is 28.9. The van der Waals surface area contributed by atoms with Crippen molar-refractivity contribution in [3.8, 4) is 0 Å². The van der Waals surface area contributed by atoms with E-state index in [1.165, 1.54) is 6.42 Å². The highest BCUT2D eigenvalue weighted by Crippen LogP contribution is 2.24. The summed E-state index contributed by atoms with van der Waals surface area (Å²) in [5.41, 5.74) is 5.34. The van der Waals surface area contributed by atoms with E-state index in [1.54, 1.807) is 0 Å². The highest BCUT2D eigenvalue weighted by Gasteiger charge is 2.28. The lowest BCUT2D eigenvalue weighted by molar-refractivity contribution is -0.134. The standard InChI is InChI=1S/C15H27N3O2/c1-11(15(20)18-9-3-2-4-10-18)17-13-7-5-12(6-8-13)14(16)19/h11-13,17H,2-10H2,1H3,(H2,16,19). The molecule has 1 unspecified atom stereocenters. The Morgan fingerprint density at radius 2 is 1.70 bits per heavy atom. The van der Waals surface area contributed by atoms with Gasteiger partial charge in [0.1, 0.15) is 0 Å². The molecule has 1 aliphatic heterocycles. The molecule has 5 nitrogen and oxygen atoms in total.